The molecule has 4 aromatic carbocycles. The lowest BCUT2D eigenvalue weighted by Crippen LogP contribution is -2.76. The van der Waals surface area contributed by atoms with E-state index in [1.54, 1.807) is 44.6 Å². The van der Waals surface area contributed by atoms with Gasteiger partial charge in [0.05, 0.1) is 17.2 Å². The van der Waals surface area contributed by atoms with Crippen LogP contribution in [0.1, 0.15) is 188 Å². The van der Waals surface area contributed by atoms with Crippen molar-refractivity contribution in [2.75, 3.05) is 14.2 Å². The summed E-state index contributed by atoms with van der Waals surface area (Å²) in [5.74, 6) is 3.56. The zero-order chi connectivity index (χ0) is 62.0. The Kier molecular flexibility index (Phi) is 21.8. The third-order valence-electron chi connectivity index (χ3n) is 19.6. The first kappa shape index (κ1) is 64.8. The van der Waals surface area contributed by atoms with Crippen LogP contribution >= 0.6 is 23.2 Å². The van der Waals surface area contributed by atoms with Crippen molar-refractivity contribution in [3.63, 3.8) is 0 Å². The first-order valence-corrected chi connectivity index (χ1v) is 32.9. The van der Waals surface area contributed by atoms with Crippen LogP contribution < -0.4 is 18.9 Å². The second-order valence-corrected chi connectivity index (χ2v) is 26.3. The highest BCUT2D eigenvalue weighted by Gasteiger charge is 2.77. The molecule has 0 aromatic heterocycles. The molecule has 2 N–H and O–H groups in total. The van der Waals surface area contributed by atoms with Crippen LogP contribution in [0.25, 0.3) is 17.9 Å². The molecule has 1 aliphatic heterocycles. The third-order valence-corrected chi connectivity index (χ3v) is 20.4. The van der Waals surface area contributed by atoms with Crippen LogP contribution in [0.5, 0.6) is 23.0 Å². The molecule has 88 heavy (non-hydrogen) atoms. The summed E-state index contributed by atoms with van der Waals surface area (Å²) in [5, 5.41) is 19.3. The summed E-state index contributed by atoms with van der Waals surface area (Å²) >= 11 is 14.2. The number of esters is 2. The Labute approximate surface area is 528 Å². The summed E-state index contributed by atoms with van der Waals surface area (Å²) in [6, 6.07) is 21.8. The predicted molar refractivity (Wildman–Crippen MR) is 337 cm³/mol. The number of halogens is 2. The highest BCUT2D eigenvalue weighted by atomic mass is 35.5. The van der Waals surface area contributed by atoms with Crippen molar-refractivity contribution in [2.45, 2.75) is 180 Å². The molecule has 1 heterocycles. The molecule has 9 aliphatic rings. The van der Waals surface area contributed by atoms with Gasteiger partial charge < -0.3 is 38.6 Å². The molecule has 472 valence electrons. The molecule has 1 spiro atoms. The van der Waals surface area contributed by atoms with Crippen LogP contribution in [-0.4, -0.2) is 53.9 Å². The Balaban J connectivity index is 0.000000195. The topological polar surface area (TPSA) is 183 Å². The number of methoxy groups -OCH3 is 2. The average molecular weight is 1250 g/mol. The lowest BCUT2D eigenvalue weighted by Gasteiger charge is -2.68. The first-order chi connectivity index (χ1) is 42.6. The molecule has 8 saturated carbocycles. The molecular weight excluding hydrogens is 1160 g/mol. The van der Waals surface area contributed by atoms with E-state index in [0.717, 1.165) is 129 Å². The Bertz CT molecular complexity index is 3140. The van der Waals surface area contributed by atoms with Gasteiger partial charge in [-0.05, 0) is 184 Å². The van der Waals surface area contributed by atoms with Gasteiger partial charge >= 0.3 is 23.9 Å². The Morgan fingerprint density at radius 1 is 0.545 bits per heavy atom. The van der Waals surface area contributed by atoms with Crippen molar-refractivity contribution in [3.05, 3.63) is 134 Å². The number of rotatable bonds is 28. The van der Waals surface area contributed by atoms with Gasteiger partial charge in [0.1, 0.15) is 42.0 Å². The highest BCUT2D eigenvalue weighted by Crippen LogP contribution is 2.70. The van der Waals surface area contributed by atoms with Crippen LogP contribution in [0.2, 0.25) is 10.0 Å². The van der Waals surface area contributed by atoms with Crippen molar-refractivity contribution in [1.29, 1.82) is 0 Å². The molecule has 14 nitrogen and oxygen atoms in total. The van der Waals surface area contributed by atoms with Crippen LogP contribution in [0.15, 0.2) is 90.5 Å². The number of hydrogen-bond acceptors (Lipinski definition) is 12. The minimum Gasteiger partial charge on any atom is -0.496 e. The number of ether oxygens (including phenoxy) is 6. The number of carbonyl (C=O) groups excluding carboxylic acids is 2. The number of unbranched alkanes of at least 4 members (excludes halogenated alkanes) is 8. The van der Waals surface area contributed by atoms with Gasteiger partial charge in [0.2, 0.25) is 0 Å². The van der Waals surface area contributed by atoms with Crippen molar-refractivity contribution >= 4 is 65.0 Å². The molecule has 0 radical (unpaired) electrons. The Morgan fingerprint density at radius 2 is 0.989 bits per heavy atom. The standard InChI is InChI=1S/C36H43ClO8.C36H43ClO6/c1-3-4-5-6-7-8-32(40)43-29-13-9-23(10-14-29)22-42-34-26(12-16-31(38)39)11-15-30(33(34)37)36(41-2)35(44-45-36)27-18-24-17-25(20-27)21-28(35)19-24;1-3-4-5-6-7-8-32(40)43-29-13-9-23(10-14-29)22-42-35-26(12-16-31(38)39)11-15-30(34(35)37)36(41-2)33-27-18-24-17-25(20-27)21-28(33)19-24/h9-16,24-25,27-28H,3-8,17-22H2,1-2H3,(H,38,39);9-16,24-25,27-28H,3-8,17-22H2,1-2H3,(H,38,39)/b16-12+;16-12+,36-33?. The van der Waals surface area contributed by atoms with Crippen molar-refractivity contribution < 1.29 is 67.6 Å². The van der Waals surface area contributed by atoms with Gasteiger partial charge in [-0.1, -0.05) is 131 Å². The second-order valence-electron chi connectivity index (χ2n) is 25.6. The van der Waals surface area contributed by atoms with Gasteiger partial charge in [-0.15, -0.1) is 0 Å². The summed E-state index contributed by atoms with van der Waals surface area (Å²) in [5.41, 5.74) is 4.94. The van der Waals surface area contributed by atoms with Crippen LogP contribution in [-0.2, 0) is 57.4 Å². The average Bonchev–Trinajstić information content (AvgIpc) is 0.674. The number of allylic oxidation sites excluding steroid dienone is 1. The molecule has 8 aliphatic carbocycles. The minimum absolute atomic E-state index is 0.153. The van der Waals surface area contributed by atoms with Crippen LogP contribution in [0, 0.1) is 47.3 Å². The van der Waals surface area contributed by atoms with Crippen molar-refractivity contribution in [1.82, 2.24) is 0 Å². The molecule has 4 aromatic rings. The molecule has 8 bridgehead atoms. The highest BCUT2D eigenvalue weighted by molar-refractivity contribution is 6.34. The lowest BCUT2D eigenvalue weighted by atomic mass is 9.47. The lowest BCUT2D eigenvalue weighted by molar-refractivity contribution is -0.645. The summed E-state index contributed by atoms with van der Waals surface area (Å²) in [6.07, 6.45) is 28.6. The van der Waals surface area contributed by atoms with Crippen LogP contribution in [0.4, 0.5) is 0 Å². The number of carbonyl (C=O) groups is 4. The summed E-state index contributed by atoms with van der Waals surface area (Å²) in [4.78, 5) is 59.2. The molecular formula is C72H86Cl2O14. The van der Waals surface area contributed by atoms with Crippen molar-refractivity contribution in [2.24, 2.45) is 47.3 Å². The SMILES string of the molecule is CCCCCCCC(=O)Oc1ccc(COc2c(/C=C/C(=O)O)ccc(C(OC)=C3C4CC5CC(C4)CC3C5)c2Cl)cc1.CCCCCCCC(=O)Oc1ccc(COc2c(/C=C/C(=O)O)ccc(C3(OC)OOC34C3CC5CC(C3)CC4C5)c2Cl)cc1. The molecule has 1 saturated heterocycles. The number of carboxylic acid groups (broad SMARTS) is 2. The second kappa shape index (κ2) is 29.6. The van der Waals surface area contributed by atoms with E-state index in [-0.39, 0.29) is 25.2 Å². The van der Waals surface area contributed by atoms with Crippen molar-refractivity contribution in [3.8, 4) is 23.0 Å². The molecule has 0 amide bonds. The molecule has 13 rings (SSSR count). The zero-order valence-corrected chi connectivity index (χ0v) is 52.9. The maximum absolute atomic E-state index is 12.2. The number of benzene rings is 4. The fourth-order valence-electron chi connectivity index (χ4n) is 16.0. The van der Waals surface area contributed by atoms with Gasteiger partial charge in [-0.3, -0.25) is 9.59 Å². The van der Waals surface area contributed by atoms with Gasteiger partial charge in [-0.2, -0.15) is 4.89 Å². The van der Waals surface area contributed by atoms with E-state index in [1.165, 1.54) is 75.5 Å². The van der Waals surface area contributed by atoms with Gasteiger partial charge in [0.25, 0.3) is 5.79 Å². The molecule has 16 heteroatoms. The largest absolute Gasteiger partial charge is 0.496 e. The normalized spacial score (nSPS) is 26.0. The Morgan fingerprint density at radius 3 is 1.41 bits per heavy atom. The summed E-state index contributed by atoms with van der Waals surface area (Å²) in [7, 11) is 3.34. The first-order valence-electron chi connectivity index (χ1n) is 32.2. The van der Waals surface area contributed by atoms with Gasteiger partial charge in [0, 0.05) is 54.4 Å². The number of hydrogen-bond donors (Lipinski definition) is 2. The maximum Gasteiger partial charge on any atom is 0.328 e. The molecule has 9 fully saturated rings. The van der Waals surface area contributed by atoms with E-state index < -0.39 is 23.3 Å². The third kappa shape index (κ3) is 14.5. The quantitative estimate of drug-likeness (QED) is 0.0137. The number of carboxylic acids is 2. The molecule has 1 atom stereocenters. The Hall–Kier alpha value is -6.16. The minimum atomic E-state index is -1.19. The zero-order valence-electron chi connectivity index (χ0n) is 51.4. The predicted octanol–water partition coefficient (Wildman–Crippen LogP) is 17.3. The van der Waals surface area contributed by atoms with E-state index in [0.29, 0.717) is 86.2 Å². The van der Waals surface area contributed by atoms with E-state index in [2.05, 4.69) is 13.8 Å². The van der Waals surface area contributed by atoms with Gasteiger partial charge in [-0.25, -0.2) is 14.5 Å². The molecule has 1 unspecified atom stereocenters. The van der Waals surface area contributed by atoms with E-state index >= 15 is 0 Å². The fourth-order valence-corrected chi connectivity index (χ4v) is 16.6. The number of aliphatic carboxylic acids is 2. The maximum atomic E-state index is 12.2. The fraction of sp³-hybridized carbons (Fsp3) is 0.528. The van der Waals surface area contributed by atoms with Gasteiger partial charge in [0.15, 0.2) is 5.60 Å². The van der Waals surface area contributed by atoms with E-state index in [9.17, 15) is 29.4 Å². The monoisotopic (exact) mass is 1240 g/mol. The smallest absolute Gasteiger partial charge is 0.328 e. The summed E-state index contributed by atoms with van der Waals surface area (Å²) < 4.78 is 35.9. The van der Waals surface area contributed by atoms with E-state index in [4.69, 9.17) is 61.4 Å². The van der Waals surface area contributed by atoms with Crippen LogP contribution in [0.3, 0.4) is 0 Å². The van der Waals surface area contributed by atoms with E-state index in [1.807, 2.05) is 42.5 Å². The summed E-state index contributed by atoms with van der Waals surface area (Å²) in [6.45, 7) is 4.69.